The van der Waals surface area contributed by atoms with Crippen LogP contribution in [0.1, 0.15) is 52.9 Å². The Morgan fingerprint density at radius 2 is 1.50 bits per heavy atom. The van der Waals surface area contributed by atoms with Crippen molar-refractivity contribution in [2.45, 2.75) is 58.4 Å². The molecule has 0 spiro atoms. The lowest BCUT2D eigenvalue weighted by Crippen LogP contribution is -2.37. The summed E-state index contributed by atoms with van der Waals surface area (Å²) >= 11 is 0. The minimum absolute atomic E-state index is 0.179. The van der Waals surface area contributed by atoms with Crippen LogP contribution in [-0.2, 0) is 0 Å². The van der Waals surface area contributed by atoms with Crippen LogP contribution in [-0.4, -0.2) is 5.54 Å². The van der Waals surface area contributed by atoms with E-state index in [1.165, 1.54) is 37.7 Å². The lowest BCUT2D eigenvalue weighted by Gasteiger charge is -2.28. The van der Waals surface area contributed by atoms with Crippen molar-refractivity contribution in [2.24, 2.45) is 5.73 Å². The van der Waals surface area contributed by atoms with Crippen molar-refractivity contribution < 1.29 is 0 Å². The van der Waals surface area contributed by atoms with E-state index in [4.69, 9.17) is 5.73 Å². The normalized spacial score (nSPS) is 20.7. The van der Waals surface area contributed by atoms with Gasteiger partial charge in [0.2, 0.25) is 0 Å². The van der Waals surface area contributed by atoms with E-state index in [1.54, 1.807) is 0 Å². The molecule has 0 aromatic heterocycles. The van der Waals surface area contributed by atoms with Gasteiger partial charge in [0.1, 0.15) is 0 Å². The maximum Gasteiger partial charge on any atom is 0.0125 e. The lowest BCUT2D eigenvalue weighted by molar-refractivity contribution is 0.322. The molecule has 1 saturated carbocycles. The minimum Gasteiger partial charge on any atom is -0.325 e. The van der Waals surface area contributed by atoms with Gasteiger partial charge >= 0.3 is 0 Å². The van der Waals surface area contributed by atoms with Crippen molar-refractivity contribution in [1.29, 1.82) is 0 Å². The second-order valence-corrected chi connectivity index (χ2v) is 4.42. The Morgan fingerprint density at radius 3 is 1.67 bits per heavy atom. The molecule has 0 heterocycles. The lowest BCUT2D eigenvalue weighted by atomic mass is 9.84. The molecule has 1 nitrogen and oxygen atoms in total. The van der Waals surface area contributed by atoms with Gasteiger partial charge in [0.05, 0.1) is 0 Å². The topological polar surface area (TPSA) is 26.0 Å². The average Bonchev–Trinajstić information content (AvgIpc) is 1.85. The van der Waals surface area contributed by atoms with Crippen LogP contribution in [0.2, 0.25) is 0 Å². The molecule has 0 radical (unpaired) electrons. The highest BCUT2D eigenvalue weighted by Crippen LogP contribution is 2.24. The fourth-order valence-corrected chi connectivity index (χ4v) is 1.36. The van der Waals surface area contributed by atoms with Crippen LogP contribution in [0, 0.1) is 0 Å². The Morgan fingerprint density at radius 1 is 1.17 bits per heavy atom. The van der Waals surface area contributed by atoms with Gasteiger partial charge in [0.25, 0.3) is 0 Å². The number of hydrogen-bond acceptors (Lipinski definition) is 1. The zero-order valence-electron chi connectivity index (χ0n) is 8.82. The van der Waals surface area contributed by atoms with Gasteiger partial charge in [-0.05, 0) is 33.6 Å². The van der Waals surface area contributed by atoms with Crippen LogP contribution in [0.3, 0.4) is 0 Å². The zero-order valence-corrected chi connectivity index (χ0v) is 8.82. The first-order valence-electron chi connectivity index (χ1n) is 4.85. The molecule has 72 valence electrons. The van der Waals surface area contributed by atoms with Crippen LogP contribution in [0.15, 0.2) is 12.2 Å². The number of allylic oxidation sites excluding steroid dienone is 1. The first-order valence-corrected chi connectivity index (χ1v) is 4.85. The van der Waals surface area contributed by atoms with Gasteiger partial charge in [0.15, 0.2) is 0 Å². The third kappa shape index (κ3) is 7.80. The molecule has 0 aromatic rings. The van der Waals surface area contributed by atoms with Crippen molar-refractivity contribution >= 4 is 0 Å². The predicted molar refractivity (Wildman–Crippen MR) is 56.2 cm³/mol. The largest absolute Gasteiger partial charge is 0.325 e. The molecule has 0 aromatic carbocycles. The SMILES string of the molecule is C=C(C)C.CC1(N)CCCCC1. The summed E-state index contributed by atoms with van der Waals surface area (Å²) in [6.07, 6.45) is 6.53. The van der Waals surface area contributed by atoms with Crippen LogP contribution in [0.5, 0.6) is 0 Å². The molecule has 0 unspecified atom stereocenters. The molecule has 0 bridgehead atoms. The zero-order chi connectivity index (χ0) is 9.61. The predicted octanol–water partition coefficient (Wildman–Crippen LogP) is 3.25. The van der Waals surface area contributed by atoms with E-state index in [1.807, 2.05) is 13.8 Å². The standard InChI is InChI=1S/C7H15N.C4H8/c1-7(8)5-3-2-4-6-7;1-4(2)3/h2-6,8H2,1H3;1H2,2-3H3. The Bertz CT molecular complexity index is 124. The van der Waals surface area contributed by atoms with Crippen LogP contribution >= 0.6 is 0 Å². The van der Waals surface area contributed by atoms with Gasteiger partial charge in [-0.15, -0.1) is 6.58 Å². The van der Waals surface area contributed by atoms with E-state index in [0.29, 0.717) is 0 Å². The van der Waals surface area contributed by atoms with Crippen molar-refractivity contribution in [2.75, 3.05) is 0 Å². The quantitative estimate of drug-likeness (QED) is 0.553. The fourth-order valence-electron chi connectivity index (χ4n) is 1.36. The van der Waals surface area contributed by atoms with Gasteiger partial charge in [0, 0.05) is 5.54 Å². The molecule has 0 atom stereocenters. The van der Waals surface area contributed by atoms with E-state index >= 15 is 0 Å². The molecule has 1 aliphatic rings. The van der Waals surface area contributed by atoms with E-state index < -0.39 is 0 Å². The summed E-state index contributed by atoms with van der Waals surface area (Å²) in [5.41, 5.74) is 7.22. The number of rotatable bonds is 0. The smallest absolute Gasteiger partial charge is 0.0125 e. The Kier molecular flexibility index (Phi) is 5.23. The van der Waals surface area contributed by atoms with E-state index in [-0.39, 0.29) is 5.54 Å². The highest BCUT2D eigenvalue weighted by molar-refractivity contribution is 4.81. The van der Waals surface area contributed by atoms with Crippen molar-refractivity contribution in [3.05, 3.63) is 12.2 Å². The first-order chi connectivity index (χ1) is 5.44. The third-order valence-electron chi connectivity index (χ3n) is 2.00. The highest BCUT2D eigenvalue weighted by atomic mass is 14.7. The van der Waals surface area contributed by atoms with E-state index in [9.17, 15) is 0 Å². The van der Waals surface area contributed by atoms with Gasteiger partial charge < -0.3 is 5.73 Å². The van der Waals surface area contributed by atoms with Crippen LogP contribution in [0.4, 0.5) is 0 Å². The monoisotopic (exact) mass is 169 g/mol. The van der Waals surface area contributed by atoms with E-state index in [2.05, 4.69) is 13.5 Å². The summed E-state index contributed by atoms with van der Waals surface area (Å²) in [5.74, 6) is 0. The highest BCUT2D eigenvalue weighted by Gasteiger charge is 2.20. The first kappa shape index (κ1) is 11.7. The molecule has 1 aliphatic carbocycles. The number of nitrogens with two attached hydrogens (primary N) is 1. The fraction of sp³-hybridized carbons (Fsp3) is 0.818. The third-order valence-corrected chi connectivity index (χ3v) is 2.00. The van der Waals surface area contributed by atoms with Crippen LogP contribution in [0.25, 0.3) is 0 Å². The Labute approximate surface area is 77.0 Å². The summed E-state index contributed by atoms with van der Waals surface area (Å²) in [6.45, 7) is 9.66. The van der Waals surface area contributed by atoms with Crippen molar-refractivity contribution in [1.82, 2.24) is 0 Å². The van der Waals surface area contributed by atoms with Crippen molar-refractivity contribution in [3.63, 3.8) is 0 Å². The molecule has 1 fully saturated rings. The molecule has 2 N–H and O–H groups in total. The van der Waals surface area contributed by atoms with Crippen LogP contribution < -0.4 is 5.73 Å². The maximum absolute atomic E-state index is 5.88. The Balaban J connectivity index is 0.000000261. The van der Waals surface area contributed by atoms with E-state index in [0.717, 1.165) is 0 Å². The number of hydrogen-bond donors (Lipinski definition) is 1. The van der Waals surface area contributed by atoms with Crippen molar-refractivity contribution in [3.8, 4) is 0 Å². The second-order valence-electron chi connectivity index (χ2n) is 4.42. The van der Waals surface area contributed by atoms with Gasteiger partial charge in [-0.25, -0.2) is 0 Å². The summed E-state index contributed by atoms with van der Waals surface area (Å²) in [4.78, 5) is 0. The molecule has 0 saturated heterocycles. The summed E-state index contributed by atoms with van der Waals surface area (Å²) < 4.78 is 0. The molecule has 0 aliphatic heterocycles. The molecule has 1 heteroatoms. The minimum atomic E-state index is 0.179. The summed E-state index contributed by atoms with van der Waals surface area (Å²) in [5, 5.41) is 0. The van der Waals surface area contributed by atoms with Gasteiger partial charge in [-0.1, -0.05) is 24.8 Å². The molecular formula is C11H23N. The molecular weight excluding hydrogens is 146 g/mol. The maximum atomic E-state index is 5.88. The van der Waals surface area contributed by atoms with Gasteiger partial charge in [-0.3, -0.25) is 0 Å². The molecule has 1 rings (SSSR count). The molecule has 0 amide bonds. The molecule has 12 heavy (non-hydrogen) atoms. The van der Waals surface area contributed by atoms with Gasteiger partial charge in [-0.2, -0.15) is 0 Å². The summed E-state index contributed by atoms with van der Waals surface area (Å²) in [6, 6.07) is 0. The second kappa shape index (κ2) is 5.36. The average molecular weight is 169 g/mol. The summed E-state index contributed by atoms with van der Waals surface area (Å²) in [7, 11) is 0. The Hall–Kier alpha value is -0.300.